The summed E-state index contributed by atoms with van der Waals surface area (Å²) in [6, 6.07) is 3.18. The molecule has 4 N–H and O–H groups in total. The highest BCUT2D eigenvalue weighted by Crippen LogP contribution is 2.31. The average Bonchev–Trinajstić information content (AvgIpc) is 2.53. The van der Waals surface area contributed by atoms with Crippen molar-refractivity contribution in [1.29, 1.82) is 0 Å². The number of nitrogens with two attached hydrogens (primary N) is 1. The molecule has 2 rings (SSSR count). The van der Waals surface area contributed by atoms with E-state index in [0.29, 0.717) is 6.42 Å². The monoisotopic (exact) mass is 367 g/mol. The third-order valence-electron chi connectivity index (χ3n) is 3.93. The fraction of sp³-hybridized carbons (Fsp3) is 0.353. The van der Waals surface area contributed by atoms with Gasteiger partial charge in [-0.3, -0.25) is 14.9 Å². The molecule has 0 heterocycles. The molecule has 6 nitrogen and oxygen atoms in total. The fourth-order valence-corrected chi connectivity index (χ4v) is 3.75. The molecule has 0 saturated carbocycles. The third kappa shape index (κ3) is 4.46. The van der Waals surface area contributed by atoms with Crippen LogP contribution in [0.1, 0.15) is 37.6 Å². The van der Waals surface area contributed by atoms with Crippen LogP contribution in [0.25, 0.3) is 0 Å². The first-order valence-corrected chi connectivity index (χ1v) is 9.30. The van der Waals surface area contributed by atoms with Crippen molar-refractivity contribution in [3.05, 3.63) is 53.4 Å². The maximum atomic E-state index is 13.5. The van der Waals surface area contributed by atoms with E-state index in [4.69, 9.17) is 5.84 Å². The number of carbonyl (C=O) groups excluding carboxylic acids is 1. The lowest BCUT2D eigenvalue weighted by atomic mass is 9.84. The predicted molar refractivity (Wildman–Crippen MR) is 95.7 cm³/mol. The largest absolute Gasteiger partial charge is 0.290 e. The lowest BCUT2D eigenvalue weighted by Gasteiger charge is -2.25. The summed E-state index contributed by atoms with van der Waals surface area (Å²) in [5.74, 6) is 3.70. The molecular formula is C17H22FN3O3S. The van der Waals surface area contributed by atoms with Gasteiger partial charge >= 0.3 is 0 Å². The summed E-state index contributed by atoms with van der Waals surface area (Å²) in [5.41, 5.74) is 2.67. The van der Waals surface area contributed by atoms with E-state index in [-0.39, 0.29) is 16.7 Å². The zero-order chi connectivity index (χ0) is 18.8. The Bertz CT molecular complexity index is 839. The summed E-state index contributed by atoms with van der Waals surface area (Å²) >= 11 is 0. The van der Waals surface area contributed by atoms with Gasteiger partial charge in [-0.25, -0.2) is 18.7 Å². The Morgan fingerprint density at radius 1 is 1.32 bits per heavy atom. The van der Waals surface area contributed by atoms with Crippen LogP contribution in [0.4, 0.5) is 10.1 Å². The van der Waals surface area contributed by atoms with E-state index in [2.05, 4.69) is 4.72 Å². The summed E-state index contributed by atoms with van der Waals surface area (Å²) in [6.07, 6.45) is 5.56. The van der Waals surface area contributed by atoms with Crippen molar-refractivity contribution < 1.29 is 17.6 Å². The minimum Gasteiger partial charge on any atom is -0.290 e. The number of benzene rings is 1. The van der Waals surface area contributed by atoms with Gasteiger partial charge in [0, 0.05) is 0 Å². The SMILES string of the molecule is CC(C)(C)C1=CCC(S(=O)(=O)Nc2cc(F)ccc2C(=O)NN)C=C1. The molecular weight excluding hydrogens is 345 g/mol. The molecule has 0 fully saturated rings. The number of allylic oxidation sites excluding steroid dienone is 3. The van der Waals surface area contributed by atoms with Crippen molar-refractivity contribution in [1.82, 2.24) is 5.43 Å². The molecule has 1 amide bonds. The standard InChI is InChI=1S/C17H22FN3O3S/c1-17(2,3)11-4-7-13(8-5-11)25(23,24)21-15-10-12(18)6-9-14(15)16(22)20-19/h4-7,9-10,13,21H,8,19H2,1-3H3,(H,20,22). The molecule has 0 aromatic heterocycles. The van der Waals surface area contributed by atoms with Crippen LogP contribution >= 0.6 is 0 Å². The Morgan fingerprint density at radius 3 is 2.52 bits per heavy atom. The molecule has 0 radical (unpaired) electrons. The van der Waals surface area contributed by atoms with E-state index in [1.807, 2.05) is 32.3 Å². The molecule has 1 aliphatic rings. The minimum atomic E-state index is -3.86. The number of nitrogens with one attached hydrogen (secondary N) is 2. The number of carbonyl (C=O) groups is 1. The lowest BCUT2D eigenvalue weighted by molar-refractivity contribution is 0.0954. The van der Waals surface area contributed by atoms with Crippen LogP contribution < -0.4 is 16.0 Å². The van der Waals surface area contributed by atoms with Gasteiger partial charge in [0.25, 0.3) is 5.91 Å². The molecule has 1 aromatic carbocycles. The Balaban J connectivity index is 2.27. The first-order chi connectivity index (χ1) is 11.5. The highest BCUT2D eigenvalue weighted by atomic mass is 32.2. The molecule has 0 spiro atoms. The average molecular weight is 367 g/mol. The van der Waals surface area contributed by atoms with Gasteiger partial charge in [0.2, 0.25) is 10.0 Å². The number of hydrazine groups is 1. The molecule has 25 heavy (non-hydrogen) atoms. The van der Waals surface area contributed by atoms with Crippen LogP contribution in [0.5, 0.6) is 0 Å². The van der Waals surface area contributed by atoms with E-state index >= 15 is 0 Å². The van der Waals surface area contributed by atoms with Gasteiger partial charge < -0.3 is 0 Å². The van der Waals surface area contributed by atoms with Gasteiger partial charge in [-0.2, -0.15) is 0 Å². The predicted octanol–water partition coefficient (Wildman–Crippen LogP) is 2.47. The maximum absolute atomic E-state index is 13.5. The molecule has 1 unspecified atom stereocenters. The number of anilines is 1. The van der Waals surface area contributed by atoms with E-state index in [1.54, 1.807) is 12.2 Å². The number of amides is 1. The van der Waals surface area contributed by atoms with Crippen molar-refractivity contribution in [2.45, 2.75) is 32.4 Å². The number of nitrogen functional groups attached to an aromatic ring is 1. The second-order valence-electron chi connectivity index (χ2n) is 6.85. The summed E-state index contributed by atoms with van der Waals surface area (Å²) < 4.78 is 41.0. The molecule has 1 aromatic rings. The molecule has 8 heteroatoms. The molecule has 1 aliphatic carbocycles. The number of rotatable bonds is 4. The number of hydrogen-bond acceptors (Lipinski definition) is 4. The second kappa shape index (κ2) is 6.97. The fourth-order valence-electron chi connectivity index (χ4n) is 2.49. The zero-order valence-corrected chi connectivity index (χ0v) is 15.2. The Hall–Kier alpha value is -2.19. The van der Waals surface area contributed by atoms with E-state index < -0.39 is 27.0 Å². The van der Waals surface area contributed by atoms with E-state index in [0.717, 1.165) is 17.7 Å². The van der Waals surface area contributed by atoms with Crippen LogP contribution in [0.15, 0.2) is 42.0 Å². The first kappa shape index (κ1) is 19.1. The van der Waals surface area contributed by atoms with Gasteiger partial charge in [0.05, 0.1) is 11.3 Å². The van der Waals surface area contributed by atoms with Gasteiger partial charge in [-0.1, -0.05) is 39.0 Å². The number of halogens is 1. The minimum absolute atomic E-state index is 0.0572. The summed E-state index contributed by atoms with van der Waals surface area (Å²) in [4.78, 5) is 11.7. The highest BCUT2D eigenvalue weighted by Gasteiger charge is 2.28. The Labute approximate surface area is 147 Å². The topological polar surface area (TPSA) is 101 Å². The van der Waals surface area contributed by atoms with Gasteiger partial charge in [-0.05, 0) is 35.6 Å². The number of hydrogen-bond donors (Lipinski definition) is 3. The van der Waals surface area contributed by atoms with Gasteiger partial charge in [0.1, 0.15) is 11.1 Å². The summed E-state index contributed by atoms with van der Waals surface area (Å²) in [6.45, 7) is 6.13. The van der Waals surface area contributed by atoms with Gasteiger partial charge in [-0.15, -0.1) is 0 Å². The van der Waals surface area contributed by atoms with Crippen LogP contribution in [0.2, 0.25) is 0 Å². The molecule has 136 valence electrons. The normalized spacial score (nSPS) is 17.8. The highest BCUT2D eigenvalue weighted by molar-refractivity contribution is 7.93. The van der Waals surface area contributed by atoms with Crippen LogP contribution in [0.3, 0.4) is 0 Å². The van der Waals surface area contributed by atoms with E-state index in [1.165, 1.54) is 6.07 Å². The Kier molecular flexibility index (Phi) is 5.34. The maximum Gasteiger partial charge on any atom is 0.267 e. The number of sulfonamides is 1. The van der Waals surface area contributed by atoms with Crippen LogP contribution in [0, 0.1) is 11.2 Å². The second-order valence-corrected chi connectivity index (χ2v) is 8.75. The Morgan fingerprint density at radius 2 is 2.00 bits per heavy atom. The molecule has 0 bridgehead atoms. The van der Waals surface area contributed by atoms with Crippen molar-refractivity contribution in [3.63, 3.8) is 0 Å². The molecule has 0 saturated heterocycles. The van der Waals surface area contributed by atoms with Gasteiger partial charge in [0.15, 0.2) is 0 Å². The van der Waals surface area contributed by atoms with Crippen LogP contribution in [-0.2, 0) is 10.0 Å². The van der Waals surface area contributed by atoms with E-state index in [9.17, 15) is 17.6 Å². The van der Waals surface area contributed by atoms with Crippen molar-refractivity contribution in [2.75, 3.05) is 4.72 Å². The molecule has 0 aliphatic heterocycles. The first-order valence-electron chi connectivity index (χ1n) is 7.75. The summed E-state index contributed by atoms with van der Waals surface area (Å²) in [5, 5.41) is -0.810. The summed E-state index contributed by atoms with van der Waals surface area (Å²) in [7, 11) is -3.86. The smallest absolute Gasteiger partial charge is 0.267 e. The third-order valence-corrected chi connectivity index (χ3v) is 5.59. The zero-order valence-electron chi connectivity index (χ0n) is 14.3. The molecule has 1 atom stereocenters. The quantitative estimate of drug-likeness (QED) is 0.432. The van der Waals surface area contributed by atoms with Crippen molar-refractivity contribution >= 4 is 21.6 Å². The van der Waals surface area contributed by atoms with Crippen LogP contribution in [-0.4, -0.2) is 19.6 Å². The van der Waals surface area contributed by atoms with Crippen molar-refractivity contribution in [2.24, 2.45) is 11.3 Å². The van der Waals surface area contributed by atoms with Crippen molar-refractivity contribution in [3.8, 4) is 0 Å². The lowest BCUT2D eigenvalue weighted by Crippen LogP contribution is -2.32.